The van der Waals surface area contributed by atoms with E-state index in [1.807, 2.05) is 6.07 Å². The van der Waals surface area contributed by atoms with E-state index in [1.165, 1.54) is 40.9 Å². The van der Waals surface area contributed by atoms with Crippen LogP contribution < -0.4 is 0 Å². The summed E-state index contributed by atoms with van der Waals surface area (Å²) in [5.74, 6) is -0.824. The first kappa shape index (κ1) is 18.9. The molecule has 9 heteroatoms. The van der Waals surface area contributed by atoms with Gasteiger partial charge in [-0.1, -0.05) is 17.8 Å². The van der Waals surface area contributed by atoms with E-state index in [4.69, 9.17) is 4.74 Å². The van der Waals surface area contributed by atoms with Gasteiger partial charge in [0.15, 0.2) is 0 Å². The van der Waals surface area contributed by atoms with Gasteiger partial charge in [-0.25, -0.2) is 4.79 Å². The monoisotopic (exact) mass is 409 g/mol. The van der Waals surface area contributed by atoms with Gasteiger partial charge in [0, 0.05) is 29.4 Å². The molecule has 0 N–H and O–H groups in total. The number of fused-ring (bicyclic) bond motifs is 1. The molecule has 1 aromatic heterocycles. The van der Waals surface area contributed by atoms with Gasteiger partial charge in [-0.2, -0.15) is 0 Å². The second kappa shape index (κ2) is 7.51. The van der Waals surface area contributed by atoms with Gasteiger partial charge in [0.25, 0.3) is 11.6 Å². The molecule has 1 amide bonds. The molecule has 1 atom stereocenters. The van der Waals surface area contributed by atoms with Crippen LogP contribution in [-0.2, 0) is 20.9 Å². The van der Waals surface area contributed by atoms with E-state index < -0.39 is 10.9 Å². The van der Waals surface area contributed by atoms with E-state index in [-0.39, 0.29) is 29.3 Å². The van der Waals surface area contributed by atoms with E-state index in [1.54, 1.807) is 31.5 Å². The number of aromatic nitrogens is 1. The summed E-state index contributed by atoms with van der Waals surface area (Å²) in [5, 5.41) is 10.5. The smallest absolute Gasteiger partial charge is 0.356 e. The lowest BCUT2D eigenvalue weighted by atomic mass is 10.0. The van der Waals surface area contributed by atoms with Crippen molar-refractivity contribution in [3.05, 3.63) is 86.2 Å². The van der Waals surface area contributed by atoms with Crippen LogP contribution in [0, 0.1) is 10.1 Å². The van der Waals surface area contributed by atoms with Crippen LogP contribution in [0.5, 0.6) is 0 Å². The molecule has 1 fully saturated rings. The minimum absolute atomic E-state index is 0.0345. The van der Waals surface area contributed by atoms with Crippen LogP contribution in [0.25, 0.3) is 6.08 Å². The van der Waals surface area contributed by atoms with Crippen LogP contribution >= 0.6 is 11.8 Å². The summed E-state index contributed by atoms with van der Waals surface area (Å²) in [4.78, 5) is 41.6. The average molecular weight is 409 g/mol. The molecule has 3 heterocycles. The van der Waals surface area contributed by atoms with Gasteiger partial charge >= 0.3 is 5.97 Å². The number of β-lactam (4-membered cyclic amide) rings is 1. The number of nitrogens with zero attached hydrogens (tertiary/aromatic N) is 3. The molecule has 0 radical (unpaired) electrons. The minimum atomic E-state index is -0.593. The standard InChI is InChI=1S/C20H15N3O5S/c1-12-17(20(25)28-11-13-4-6-15(7-5-13)23(26)27)22-18(24)16(19(22)29-12)9-14-3-2-8-21-10-14/h2-10,19H,11H2,1H3/b16-9-. The van der Waals surface area contributed by atoms with Crippen molar-refractivity contribution in [3.8, 4) is 0 Å². The summed E-state index contributed by atoms with van der Waals surface area (Å²) in [7, 11) is 0. The fourth-order valence-electron chi connectivity index (χ4n) is 3.10. The molecule has 146 valence electrons. The summed E-state index contributed by atoms with van der Waals surface area (Å²) >= 11 is 1.43. The summed E-state index contributed by atoms with van der Waals surface area (Å²) in [6, 6.07) is 9.41. The molecule has 2 aromatic rings. The first-order chi connectivity index (χ1) is 14.0. The van der Waals surface area contributed by atoms with Crippen molar-refractivity contribution in [3.63, 3.8) is 0 Å². The lowest BCUT2D eigenvalue weighted by molar-refractivity contribution is -0.384. The van der Waals surface area contributed by atoms with Gasteiger partial charge in [0.1, 0.15) is 17.7 Å². The molecule has 0 spiro atoms. The minimum Gasteiger partial charge on any atom is -0.456 e. The molecule has 0 saturated carbocycles. The maximum Gasteiger partial charge on any atom is 0.356 e. The Hall–Kier alpha value is -3.46. The van der Waals surface area contributed by atoms with Crippen LogP contribution in [0.2, 0.25) is 0 Å². The van der Waals surface area contributed by atoms with E-state index in [9.17, 15) is 19.7 Å². The van der Waals surface area contributed by atoms with Gasteiger partial charge in [0.2, 0.25) is 0 Å². The summed E-state index contributed by atoms with van der Waals surface area (Å²) in [5.41, 5.74) is 2.27. The van der Waals surface area contributed by atoms with Gasteiger partial charge in [-0.05, 0) is 42.3 Å². The highest BCUT2D eigenvalue weighted by atomic mass is 32.2. The van der Waals surface area contributed by atoms with E-state index >= 15 is 0 Å². The molecule has 0 aliphatic carbocycles. The van der Waals surface area contributed by atoms with Crippen LogP contribution in [0.3, 0.4) is 0 Å². The number of benzene rings is 1. The zero-order chi connectivity index (χ0) is 20.5. The van der Waals surface area contributed by atoms with Crippen molar-refractivity contribution in [1.29, 1.82) is 0 Å². The van der Waals surface area contributed by atoms with Crippen LogP contribution in [0.4, 0.5) is 5.69 Å². The van der Waals surface area contributed by atoms with Crippen molar-refractivity contribution in [2.45, 2.75) is 18.9 Å². The average Bonchev–Trinajstić information content (AvgIpc) is 3.04. The number of nitro benzene ring substituents is 1. The maximum atomic E-state index is 12.6. The number of thioether (sulfide) groups is 1. The van der Waals surface area contributed by atoms with E-state index in [0.29, 0.717) is 16.0 Å². The van der Waals surface area contributed by atoms with Gasteiger partial charge < -0.3 is 4.74 Å². The molecule has 4 rings (SSSR count). The SMILES string of the molecule is CC1=C(C(=O)OCc2ccc([N+](=O)[O-])cc2)N2C(=O)/C(=C/c3cccnc3)C2S1. The molecule has 2 aliphatic rings. The Morgan fingerprint density at radius 1 is 1.34 bits per heavy atom. The third-order valence-electron chi connectivity index (χ3n) is 4.55. The fraction of sp³-hybridized carbons (Fsp3) is 0.150. The number of pyridine rings is 1. The first-order valence-electron chi connectivity index (χ1n) is 8.69. The Morgan fingerprint density at radius 2 is 2.10 bits per heavy atom. The molecule has 8 nitrogen and oxygen atoms in total. The summed E-state index contributed by atoms with van der Waals surface area (Å²) in [6.45, 7) is 1.74. The molecule has 1 aromatic carbocycles. The molecule has 1 unspecified atom stereocenters. The fourth-order valence-corrected chi connectivity index (χ4v) is 4.33. The normalized spacial score (nSPS) is 19.2. The number of hydrogen-bond donors (Lipinski definition) is 0. The van der Waals surface area contributed by atoms with Crippen molar-refractivity contribution in [2.75, 3.05) is 0 Å². The van der Waals surface area contributed by atoms with Crippen molar-refractivity contribution in [1.82, 2.24) is 9.88 Å². The Labute approximate surface area is 170 Å². The highest BCUT2D eigenvalue weighted by Gasteiger charge is 2.51. The molecule has 29 heavy (non-hydrogen) atoms. The highest BCUT2D eigenvalue weighted by molar-refractivity contribution is 8.04. The molecular weight excluding hydrogens is 394 g/mol. The number of carbonyl (C=O) groups excluding carboxylic acids is 2. The molecular formula is C20H15N3O5S. The van der Waals surface area contributed by atoms with Gasteiger partial charge in [0.05, 0.1) is 10.5 Å². The number of nitro groups is 1. The third kappa shape index (κ3) is 3.52. The van der Waals surface area contributed by atoms with E-state index in [2.05, 4.69) is 4.98 Å². The largest absolute Gasteiger partial charge is 0.456 e. The Morgan fingerprint density at radius 3 is 2.76 bits per heavy atom. The second-order valence-corrected chi connectivity index (χ2v) is 7.73. The summed E-state index contributed by atoms with van der Waals surface area (Å²) in [6.07, 6.45) is 5.11. The zero-order valence-electron chi connectivity index (χ0n) is 15.3. The predicted molar refractivity (Wildman–Crippen MR) is 106 cm³/mol. The Balaban J connectivity index is 1.43. The molecule has 1 saturated heterocycles. The number of hydrogen-bond acceptors (Lipinski definition) is 7. The lowest BCUT2D eigenvalue weighted by Gasteiger charge is -2.37. The molecule has 0 bridgehead atoms. The number of allylic oxidation sites excluding steroid dienone is 1. The molecule has 2 aliphatic heterocycles. The number of carbonyl (C=O) groups is 2. The van der Waals surface area contributed by atoms with Crippen molar-refractivity contribution >= 4 is 35.4 Å². The van der Waals surface area contributed by atoms with Crippen molar-refractivity contribution < 1.29 is 19.2 Å². The predicted octanol–water partition coefficient (Wildman–Crippen LogP) is 3.26. The second-order valence-electron chi connectivity index (χ2n) is 6.44. The zero-order valence-corrected chi connectivity index (χ0v) is 16.1. The first-order valence-corrected chi connectivity index (χ1v) is 9.57. The maximum absolute atomic E-state index is 12.6. The number of ether oxygens (including phenoxy) is 1. The topological polar surface area (TPSA) is 103 Å². The Bertz CT molecular complexity index is 1060. The van der Waals surface area contributed by atoms with Crippen LogP contribution in [0.1, 0.15) is 18.1 Å². The van der Waals surface area contributed by atoms with Gasteiger partial charge in [-0.15, -0.1) is 0 Å². The van der Waals surface area contributed by atoms with Crippen LogP contribution in [-0.4, -0.2) is 32.1 Å². The number of amides is 1. The quantitative estimate of drug-likeness (QED) is 0.245. The summed E-state index contributed by atoms with van der Waals surface area (Å²) < 4.78 is 5.33. The highest BCUT2D eigenvalue weighted by Crippen LogP contribution is 2.49. The van der Waals surface area contributed by atoms with Crippen LogP contribution in [0.15, 0.2) is 65.0 Å². The van der Waals surface area contributed by atoms with Crippen molar-refractivity contribution in [2.24, 2.45) is 0 Å². The third-order valence-corrected chi connectivity index (χ3v) is 5.78. The number of non-ortho nitro benzene ring substituents is 1. The van der Waals surface area contributed by atoms with E-state index in [0.717, 1.165) is 5.56 Å². The van der Waals surface area contributed by atoms with Gasteiger partial charge in [-0.3, -0.25) is 24.8 Å². The Kier molecular flexibility index (Phi) is 4.89. The number of rotatable bonds is 5. The lowest BCUT2D eigenvalue weighted by Crippen LogP contribution is -2.51. The number of esters is 1.